The third kappa shape index (κ3) is 3.76. The first-order chi connectivity index (χ1) is 11.2. The zero-order valence-corrected chi connectivity index (χ0v) is 14.1. The van der Waals surface area contributed by atoms with Crippen molar-refractivity contribution in [1.29, 1.82) is 0 Å². The number of rotatable bonds is 6. The summed E-state index contributed by atoms with van der Waals surface area (Å²) in [7, 11) is 4.32. The van der Waals surface area contributed by atoms with Crippen LogP contribution in [-0.4, -0.2) is 52.2 Å². The molecule has 0 amide bonds. The number of hydrogen-bond donors (Lipinski definition) is 0. The fourth-order valence-electron chi connectivity index (χ4n) is 3.49. The Labute approximate surface area is 137 Å². The first kappa shape index (κ1) is 16.1. The molecule has 1 saturated heterocycles. The molecule has 0 spiro atoms. The van der Waals surface area contributed by atoms with Gasteiger partial charge in [0.2, 0.25) is 11.8 Å². The van der Waals surface area contributed by atoms with Crippen molar-refractivity contribution in [3.05, 3.63) is 41.9 Å². The third-order valence-electron chi connectivity index (χ3n) is 4.56. The fraction of sp³-hybridized carbons (Fsp3) is 0.588. The molecule has 2 aromatic heterocycles. The van der Waals surface area contributed by atoms with Gasteiger partial charge in [-0.15, -0.1) is 10.2 Å². The largest absolute Gasteiger partial charge is 0.424 e. The van der Waals surface area contributed by atoms with Crippen LogP contribution in [-0.2, 0) is 13.0 Å². The maximum atomic E-state index is 5.62. The van der Waals surface area contributed by atoms with E-state index in [2.05, 4.69) is 45.1 Å². The van der Waals surface area contributed by atoms with Crippen molar-refractivity contribution in [3.8, 4) is 0 Å². The Balaban J connectivity index is 1.63. The fourth-order valence-corrected chi connectivity index (χ4v) is 3.49. The second-order valence-corrected chi connectivity index (χ2v) is 6.40. The molecule has 3 heterocycles. The molecule has 3 rings (SSSR count). The van der Waals surface area contributed by atoms with E-state index in [0.29, 0.717) is 30.3 Å². The summed E-state index contributed by atoms with van der Waals surface area (Å²) in [5, 5.41) is 8.15. The summed E-state index contributed by atoms with van der Waals surface area (Å²) in [6.07, 6.45) is 5.81. The molecule has 0 radical (unpaired) electrons. The van der Waals surface area contributed by atoms with Crippen LogP contribution in [0.3, 0.4) is 0 Å². The van der Waals surface area contributed by atoms with Gasteiger partial charge in [0.15, 0.2) is 0 Å². The molecule has 6 nitrogen and oxygen atoms in total. The Hall–Kier alpha value is -1.79. The minimum atomic E-state index is 0.431. The molecule has 0 unspecified atom stereocenters. The monoisotopic (exact) mass is 315 g/mol. The maximum Gasteiger partial charge on any atom is 0.230 e. The van der Waals surface area contributed by atoms with E-state index >= 15 is 0 Å². The molecule has 124 valence electrons. The second-order valence-electron chi connectivity index (χ2n) is 6.40. The van der Waals surface area contributed by atoms with Gasteiger partial charge < -0.3 is 4.42 Å². The van der Waals surface area contributed by atoms with Crippen molar-refractivity contribution < 1.29 is 4.42 Å². The molecular weight excluding hydrogens is 290 g/mol. The lowest BCUT2D eigenvalue weighted by Gasteiger charge is -2.28. The standard InChI is InChI=1S/C17H25N5O/c1-4-15-19-20-16(23-15)12-21(2)11-14-7-9-22(3)17(14)13-6-5-8-18-10-13/h5-6,8,10,14,17H,4,7,9,11-12H2,1-3H3/t14-,17-/m0/s1. The average molecular weight is 315 g/mol. The van der Waals surface area contributed by atoms with E-state index in [9.17, 15) is 0 Å². The Morgan fingerprint density at radius 3 is 2.87 bits per heavy atom. The van der Waals surface area contributed by atoms with E-state index in [1.807, 2.05) is 25.4 Å². The summed E-state index contributed by atoms with van der Waals surface area (Å²) in [6, 6.07) is 4.63. The molecule has 2 aromatic rings. The first-order valence-corrected chi connectivity index (χ1v) is 8.27. The SMILES string of the molecule is CCc1nnc(CN(C)C[C@@H]2CCN(C)[C@H]2c2cccnc2)o1. The highest BCUT2D eigenvalue weighted by Gasteiger charge is 2.33. The van der Waals surface area contributed by atoms with Crippen molar-refractivity contribution in [2.75, 3.05) is 27.2 Å². The quantitative estimate of drug-likeness (QED) is 0.814. The van der Waals surface area contributed by atoms with Crippen molar-refractivity contribution in [1.82, 2.24) is 25.0 Å². The molecule has 1 aliphatic rings. The van der Waals surface area contributed by atoms with Crippen molar-refractivity contribution in [3.63, 3.8) is 0 Å². The van der Waals surface area contributed by atoms with Crippen LogP contribution in [0.1, 0.15) is 36.7 Å². The molecule has 23 heavy (non-hydrogen) atoms. The van der Waals surface area contributed by atoms with E-state index in [1.54, 1.807) is 0 Å². The highest BCUT2D eigenvalue weighted by Crippen LogP contribution is 2.36. The predicted molar refractivity (Wildman–Crippen MR) is 87.7 cm³/mol. The smallest absolute Gasteiger partial charge is 0.230 e. The van der Waals surface area contributed by atoms with Crippen molar-refractivity contribution in [2.24, 2.45) is 5.92 Å². The first-order valence-electron chi connectivity index (χ1n) is 8.27. The van der Waals surface area contributed by atoms with Crippen molar-refractivity contribution in [2.45, 2.75) is 32.4 Å². The van der Waals surface area contributed by atoms with Crippen molar-refractivity contribution >= 4 is 0 Å². The Bertz CT molecular complexity index is 614. The van der Waals surface area contributed by atoms with Crippen LogP contribution in [0.5, 0.6) is 0 Å². The third-order valence-corrected chi connectivity index (χ3v) is 4.56. The summed E-state index contributed by atoms with van der Waals surface area (Å²) in [4.78, 5) is 8.99. The van der Waals surface area contributed by atoms with Gasteiger partial charge in [-0.1, -0.05) is 13.0 Å². The number of pyridine rings is 1. The van der Waals surface area contributed by atoms with E-state index in [-0.39, 0.29) is 0 Å². The topological polar surface area (TPSA) is 58.3 Å². The van der Waals surface area contributed by atoms with Gasteiger partial charge in [0.05, 0.1) is 6.54 Å². The molecule has 2 atom stereocenters. The normalized spacial score (nSPS) is 22.1. The van der Waals surface area contributed by atoms with Gasteiger partial charge in [-0.25, -0.2) is 0 Å². The highest BCUT2D eigenvalue weighted by molar-refractivity contribution is 5.17. The van der Waals surface area contributed by atoms with Gasteiger partial charge >= 0.3 is 0 Å². The van der Waals surface area contributed by atoms with Gasteiger partial charge in [0, 0.05) is 31.4 Å². The molecular formula is C17H25N5O. The van der Waals surface area contributed by atoms with Crippen LogP contribution in [0.4, 0.5) is 0 Å². The average Bonchev–Trinajstić information content (AvgIpc) is 3.15. The minimum absolute atomic E-state index is 0.431. The van der Waals surface area contributed by atoms with Crippen LogP contribution >= 0.6 is 0 Å². The van der Waals surface area contributed by atoms with Gasteiger partial charge in [-0.3, -0.25) is 14.8 Å². The van der Waals surface area contributed by atoms with Gasteiger partial charge in [0.1, 0.15) is 0 Å². The van der Waals surface area contributed by atoms with Crippen LogP contribution < -0.4 is 0 Å². The molecule has 0 aliphatic carbocycles. The van der Waals surface area contributed by atoms with Crippen LogP contribution in [0.15, 0.2) is 28.9 Å². The van der Waals surface area contributed by atoms with Crippen LogP contribution in [0.2, 0.25) is 0 Å². The summed E-state index contributed by atoms with van der Waals surface area (Å²) in [6.45, 7) is 4.85. The summed E-state index contributed by atoms with van der Waals surface area (Å²) in [5.41, 5.74) is 1.30. The zero-order valence-electron chi connectivity index (χ0n) is 14.1. The molecule has 1 aliphatic heterocycles. The van der Waals surface area contributed by atoms with E-state index < -0.39 is 0 Å². The Morgan fingerprint density at radius 2 is 2.17 bits per heavy atom. The molecule has 0 N–H and O–H groups in total. The zero-order chi connectivity index (χ0) is 16.2. The molecule has 6 heteroatoms. The van der Waals surface area contributed by atoms with Crippen LogP contribution in [0.25, 0.3) is 0 Å². The number of aromatic nitrogens is 3. The minimum Gasteiger partial charge on any atom is -0.424 e. The van der Waals surface area contributed by atoms with Gasteiger partial charge in [0.25, 0.3) is 0 Å². The summed E-state index contributed by atoms with van der Waals surface area (Å²) >= 11 is 0. The Morgan fingerprint density at radius 1 is 1.35 bits per heavy atom. The predicted octanol–water partition coefficient (Wildman–Crippen LogP) is 2.15. The maximum absolute atomic E-state index is 5.62. The summed E-state index contributed by atoms with van der Waals surface area (Å²) in [5.74, 6) is 2.00. The number of hydrogen-bond acceptors (Lipinski definition) is 6. The lowest BCUT2D eigenvalue weighted by atomic mass is 9.94. The number of nitrogens with zero attached hydrogens (tertiary/aromatic N) is 5. The number of likely N-dealkylation sites (tertiary alicyclic amines) is 1. The second kappa shape index (κ2) is 7.19. The lowest BCUT2D eigenvalue weighted by Crippen LogP contribution is -2.30. The molecule has 1 fully saturated rings. The van der Waals surface area contributed by atoms with Crippen LogP contribution in [0, 0.1) is 5.92 Å². The van der Waals surface area contributed by atoms with Gasteiger partial charge in [-0.05, 0) is 44.6 Å². The Kier molecular flexibility index (Phi) is 5.03. The van der Waals surface area contributed by atoms with E-state index in [4.69, 9.17) is 4.42 Å². The highest BCUT2D eigenvalue weighted by atomic mass is 16.4. The number of aryl methyl sites for hydroxylation is 1. The summed E-state index contributed by atoms with van der Waals surface area (Å²) < 4.78 is 5.62. The molecule has 0 saturated carbocycles. The van der Waals surface area contributed by atoms with Gasteiger partial charge in [-0.2, -0.15) is 0 Å². The lowest BCUT2D eigenvalue weighted by molar-refractivity contribution is 0.202. The molecule has 0 aromatic carbocycles. The van der Waals surface area contributed by atoms with E-state index in [1.165, 1.54) is 12.0 Å². The molecule has 0 bridgehead atoms. The van der Waals surface area contributed by atoms with E-state index in [0.717, 1.165) is 19.5 Å².